The summed E-state index contributed by atoms with van der Waals surface area (Å²) in [5, 5.41) is 14.2. The number of nitrogens with one attached hydrogen (secondary N) is 2. The van der Waals surface area contributed by atoms with Gasteiger partial charge in [0, 0.05) is 25.1 Å². The van der Waals surface area contributed by atoms with Crippen molar-refractivity contribution >= 4 is 21.4 Å². The van der Waals surface area contributed by atoms with Crippen LogP contribution in [0.25, 0.3) is 0 Å². The summed E-state index contributed by atoms with van der Waals surface area (Å²) in [7, 11) is -2.23. The summed E-state index contributed by atoms with van der Waals surface area (Å²) in [5.41, 5.74) is -2.70. The Balaban J connectivity index is 2.03. The lowest BCUT2D eigenvalue weighted by Gasteiger charge is -2.27. The van der Waals surface area contributed by atoms with Crippen molar-refractivity contribution in [3.8, 4) is 17.2 Å². The van der Waals surface area contributed by atoms with Crippen LogP contribution < -0.4 is 24.2 Å². The van der Waals surface area contributed by atoms with Gasteiger partial charge in [-0.25, -0.2) is 8.42 Å². The van der Waals surface area contributed by atoms with Gasteiger partial charge in [0.1, 0.15) is 22.0 Å². The minimum Gasteiger partial charge on any atom is -0.495 e. The predicted molar refractivity (Wildman–Crippen MR) is 115 cm³/mol. The van der Waals surface area contributed by atoms with E-state index in [9.17, 15) is 31.7 Å². The first-order valence-electron chi connectivity index (χ1n) is 9.84. The molecule has 0 aromatic heterocycles. The topological polar surface area (TPSA) is 129 Å². The van der Waals surface area contributed by atoms with Gasteiger partial charge in [-0.3, -0.25) is 14.8 Å². The van der Waals surface area contributed by atoms with Gasteiger partial charge in [0.05, 0.1) is 36.5 Å². The summed E-state index contributed by atoms with van der Waals surface area (Å²) < 4.78 is 84.5. The summed E-state index contributed by atoms with van der Waals surface area (Å²) in [6, 6.07) is 4.37. The zero-order valence-electron chi connectivity index (χ0n) is 18.4. The molecule has 0 amide bonds. The Morgan fingerprint density at radius 1 is 1.12 bits per heavy atom. The highest BCUT2D eigenvalue weighted by Crippen LogP contribution is 2.41. The number of alkyl halides is 3. The molecular formula is C20H22F3N3O7S. The highest BCUT2D eigenvalue weighted by atomic mass is 32.2. The molecule has 1 heterocycles. The third-order valence-electron chi connectivity index (χ3n) is 5.18. The van der Waals surface area contributed by atoms with Crippen molar-refractivity contribution in [2.75, 3.05) is 32.0 Å². The Kier molecular flexibility index (Phi) is 6.85. The highest BCUT2D eigenvalue weighted by Gasteiger charge is 2.38. The van der Waals surface area contributed by atoms with Crippen LogP contribution in [0.1, 0.15) is 18.9 Å². The third-order valence-corrected chi connectivity index (χ3v) is 6.58. The highest BCUT2D eigenvalue weighted by molar-refractivity contribution is 7.92. The fourth-order valence-electron chi connectivity index (χ4n) is 3.47. The van der Waals surface area contributed by atoms with E-state index in [1.165, 1.54) is 0 Å². The maximum Gasteiger partial charge on any atom is 0.419 e. The van der Waals surface area contributed by atoms with Crippen LogP contribution in [0.2, 0.25) is 0 Å². The average molecular weight is 505 g/mol. The average Bonchev–Trinajstić information content (AvgIpc) is 3.17. The lowest BCUT2D eigenvalue weighted by Crippen LogP contribution is -2.35. The lowest BCUT2D eigenvalue weighted by atomic mass is 10.1. The smallest absolute Gasteiger partial charge is 0.419 e. The first-order valence-corrected chi connectivity index (χ1v) is 11.3. The number of ether oxygens (including phenoxy) is 3. The first kappa shape index (κ1) is 25.4. The third kappa shape index (κ3) is 5.28. The van der Waals surface area contributed by atoms with Gasteiger partial charge >= 0.3 is 11.9 Å². The van der Waals surface area contributed by atoms with E-state index in [2.05, 4.69) is 10.0 Å². The molecule has 34 heavy (non-hydrogen) atoms. The summed E-state index contributed by atoms with van der Waals surface area (Å²) in [6.45, 7) is 2.53. The van der Waals surface area contributed by atoms with Crippen molar-refractivity contribution in [1.29, 1.82) is 0 Å². The zero-order chi connectivity index (χ0) is 25.3. The Hall–Kier alpha value is -3.26. The van der Waals surface area contributed by atoms with Crippen molar-refractivity contribution in [3.05, 3.63) is 46.0 Å². The summed E-state index contributed by atoms with van der Waals surface area (Å²) >= 11 is 0. The van der Waals surface area contributed by atoms with Crippen LogP contribution in [-0.2, 0) is 16.2 Å². The van der Waals surface area contributed by atoms with E-state index in [4.69, 9.17) is 14.2 Å². The van der Waals surface area contributed by atoms with Crippen molar-refractivity contribution in [3.63, 3.8) is 0 Å². The molecule has 186 valence electrons. The molecule has 3 rings (SSSR count). The summed E-state index contributed by atoms with van der Waals surface area (Å²) in [5.74, 6) is -1.23. The number of nitro groups is 1. The molecule has 0 spiro atoms. The fraction of sp³-hybridized carbons (Fsp3) is 0.400. The number of nitro benzene ring substituents is 1. The molecule has 1 atom stereocenters. The second-order valence-electron chi connectivity index (χ2n) is 7.72. The minimum atomic E-state index is -4.73. The second-order valence-corrected chi connectivity index (χ2v) is 9.38. The van der Waals surface area contributed by atoms with Crippen molar-refractivity contribution in [1.82, 2.24) is 5.32 Å². The number of hydrogen-bond acceptors (Lipinski definition) is 8. The van der Waals surface area contributed by atoms with E-state index in [1.54, 1.807) is 6.92 Å². The number of sulfonamides is 1. The van der Waals surface area contributed by atoms with Gasteiger partial charge in [-0.15, -0.1) is 0 Å². The molecule has 2 aromatic rings. The molecule has 0 unspecified atom stereocenters. The minimum absolute atomic E-state index is 0.211. The Labute approximate surface area is 193 Å². The van der Waals surface area contributed by atoms with E-state index in [-0.39, 0.29) is 17.2 Å². The maximum absolute atomic E-state index is 13.5. The number of anilines is 1. The molecule has 1 aliphatic rings. The number of halogens is 3. The summed E-state index contributed by atoms with van der Waals surface area (Å²) in [6.07, 6.45) is -4.27. The molecule has 0 radical (unpaired) electrons. The molecule has 2 N–H and O–H groups in total. The van der Waals surface area contributed by atoms with Crippen LogP contribution >= 0.6 is 0 Å². The molecule has 1 fully saturated rings. The number of methoxy groups -OCH3 is 2. The van der Waals surface area contributed by atoms with E-state index >= 15 is 0 Å². The van der Waals surface area contributed by atoms with E-state index in [0.717, 1.165) is 38.5 Å². The van der Waals surface area contributed by atoms with Gasteiger partial charge in [0.2, 0.25) is 0 Å². The molecule has 1 saturated heterocycles. The normalized spacial score (nSPS) is 18.4. The molecule has 1 aliphatic heterocycles. The van der Waals surface area contributed by atoms with Gasteiger partial charge < -0.3 is 19.5 Å². The van der Waals surface area contributed by atoms with Crippen LogP contribution in [-0.4, -0.2) is 46.3 Å². The quantitative estimate of drug-likeness (QED) is 0.412. The molecular weight excluding hydrogens is 483 g/mol. The van der Waals surface area contributed by atoms with Crippen molar-refractivity contribution in [2.45, 2.75) is 30.0 Å². The van der Waals surface area contributed by atoms with Gasteiger partial charge in [0.15, 0.2) is 5.75 Å². The lowest BCUT2D eigenvalue weighted by molar-refractivity contribution is -0.385. The molecule has 0 saturated carbocycles. The van der Waals surface area contributed by atoms with Gasteiger partial charge in [0.25, 0.3) is 10.0 Å². The van der Waals surface area contributed by atoms with Crippen LogP contribution in [0.4, 0.5) is 24.5 Å². The van der Waals surface area contributed by atoms with Gasteiger partial charge in [-0.2, -0.15) is 13.2 Å². The first-order chi connectivity index (χ1) is 15.8. The van der Waals surface area contributed by atoms with E-state index in [1.807, 2.05) is 0 Å². The van der Waals surface area contributed by atoms with Crippen molar-refractivity contribution in [2.24, 2.45) is 0 Å². The molecule has 10 nitrogen and oxygen atoms in total. The van der Waals surface area contributed by atoms with Gasteiger partial charge in [-0.1, -0.05) is 0 Å². The molecule has 2 aromatic carbocycles. The number of rotatable bonds is 8. The van der Waals surface area contributed by atoms with Crippen LogP contribution in [0.5, 0.6) is 17.2 Å². The van der Waals surface area contributed by atoms with Crippen molar-refractivity contribution < 1.29 is 40.7 Å². The molecule has 14 heteroatoms. The SMILES string of the molecule is COc1cc(S(=O)(=O)Nc2ccc(C(F)(F)F)c(O[C@]3(C)CCNC3)c2)c(OC)cc1[N+](=O)[O-]. The fourth-order valence-corrected chi connectivity index (χ4v) is 4.68. The Morgan fingerprint density at radius 2 is 1.79 bits per heavy atom. The number of nitrogens with zero attached hydrogens (tertiary/aromatic N) is 1. The Morgan fingerprint density at radius 3 is 2.32 bits per heavy atom. The predicted octanol–water partition coefficient (Wildman–Crippen LogP) is 3.56. The zero-order valence-corrected chi connectivity index (χ0v) is 19.2. The molecule has 0 aliphatic carbocycles. The number of benzene rings is 2. The maximum atomic E-state index is 13.5. The molecule has 0 bridgehead atoms. The van der Waals surface area contributed by atoms with E-state index in [0.29, 0.717) is 25.6 Å². The largest absolute Gasteiger partial charge is 0.495 e. The van der Waals surface area contributed by atoms with Crippen LogP contribution in [0.15, 0.2) is 35.2 Å². The van der Waals surface area contributed by atoms with Gasteiger partial charge in [-0.05, 0) is 25.6 Å². The Bertz CT molecular complexity index is 1200. The summed E-state index contributed by atoms with van der Waals surface area (Å²) in [4.78, 5) is 9.93. The van der Waals surface area contributed by atoms with E-state index < -0.39 is 48.6 Å². The monoisotopic (exact) mass is 505 g/mol. The van der Waals surface area contributed by atoms with Crippen LogP contribution in [0, 0.1) is 10.1 Å². The number of hydrogen-bond donors (Lipinski definition) is 2. The van der Waals surface area contributed by atoms with Crippen LogP contribution in [0.3, 0.4) is 0 Å². The standard InChI is InChI=1S/C20H22F3N3O7S/c1-19(6-7-24-11-19)33-15-8-12(4-5-13(15)20(21,22)23)25-34(29,30)18-10-16(31-2)14(26(27)28)9-17(18)32-3/h4-5,8-10,24-25H,6-7,11H2,1-3H3/t19-/m1/s1. The second kappa shape index (κ2) is 9.18.